The van der Waals surface area contributed by atoms with E-state index < -0.39 is 6.10 Å². The molecule has 0 bridgehead atoms. The van der Waals surface area contributed by atoms with Crippen LogP contribution in [0.3, 0.4) is 0 Å². The maximum atomic E-state index is 12.0. The second-order valence-electron chi connectivity index (χ2n) is 10.4. The highest BCUT2D eigenvalue weighted by Crippen LogP contribution is 2.15. The van der Waals surface area contributed by atoms with E-state index in [9.17, 15) is 9.90 Å². The molecule has 2 nitrogen and oxygen atoms in total. The molecular weight excluding hydrogens is 392 g/mol. The molecule has 0 radical (unpaired) electrons. The van der Waals surface area contributed by atoms with Crippen molar-refractivity contribution in [2.45, 2.75) is 187 Å². The average Bonchev–Trinajstić information content (AvgIpc) is 2.78. The lowest BCUT2D eigenvalue weighted by atomic mass is 10.0. The van der Waals surface area contributed by atoms with E-state index in [4.69, 9.17) is 0 Å². The summed E-state index contributed by atoms with van der Waals surface area (Å²) in [6, 6.07) is 0. The molecule has 0 saturated heterocycles. The molecular formula is C30H60O2. The van der Waals surface area contributed by atoms with Crippen LogP contribution in [0, 0.1) is 0 Å². The summed E-state index contributed by atoms with van der Waals surface area (Å²) in [7, 11) is 0. The molecule has 0 spiro atoms. The van der Waals surface area contributed by atoms with Crippen LogP contribution < -0.4 is 0 Å². The first-order valence-electron chi connectivity index (χ1n) is 14.9. The number of Topliss-reactive ketones (excluding diaryl/α,β-unsaturated/α-hetero) is 1. The molecule has 32 heavy (non-hydrogen) atoms. The first kappa shape index (κ1) is 31.6. The monoisotopic (exact) mass is 452 g/mol. The lowest BCUT2D eigenvalue weighted by Gasteiger charge is -2.10. The van der Waals surface area contributed by atoms with E-state index in [-0.39, 0.29) is 5.78 Å². The molecule has 0 heterocycles. The van der Waals surface area contributed by atoms with Crippen molar-refractivity contribution in [3.8, 4) is 0 Å². The third-order valence-electron chi connectivity index (χ3n) is 6.91. The van der Waals surface area contributed by atoms with Crippen molar-refractivity contribution < 1.29 is 9.90 Å². The average molecular weight is 453 g/mol. The van der Waals surface area contributed by atoms with Crippen molar-refractivity contribution in [3.05, 3.63) is 0 Å². The van der Waals surface area contributed by atoms with Crippen LogP contribution in [0.5, 0.6) is 0 Å². The van der Waals surface area contributed by atoms with Gasteiger partial charge in [-0.1, -0.05) is 155 Å². The summed E-state index contributed by atoms with van der Waals surface area (Å²) in [5, 5.41) is 10.1. The molecule has 1 atom stereocenters. The van der Waals surface area contributed by atoms with Crippen molar-refractivity contribution in [1.29, 1.82) is 0 Å². The Morgan fingerprint density at radius 2 is 0.812 bits per heavy atom. The molecule has 0 aliphatic heterocycles. The number of carbonyl (C=O) groups is 1. The summed E-state index contributed by atoms with van der Waals surface area (Å²) in [6.45, 7) is 4.51. The quantitative estimate of drug-likeness (QED) is 0.126. The number of rotatable bonds is 27. The van der Waals surface area contributed by atoms with Crippen LogP contribution in [0.15, 0.2) is 0 Å². The van der Waals surface area contributed by atoms with Gasteiger partial charge in [-0.3, -0.25) is 4.79 Å². The first-order valence-corrected chi connectivity index (χ1v) is 14.9. The molecule has 0 aromatic rings. The maximum Gasteiger partial charge on any atom is 0.135 e. The molecule has 0 aromatic carbocycles. The zero-order valence-electron chi connectivity index (χ0n) is 22.3. The number of hydrogen-bond acceptors (Lipinski definition) is 2. The molecule has 0 fully saturated rings. The van der Waals surface area contributed by atoms with Gasteiger partial charge in [0, 0.05) is 12.8 Å². The van der Waals surface area contributed by atoms with Gasteiger partial charge in [0.15, 0.2) is 0 Å². The lowest BCUT2D eigenvalue weighted by molar-refractivity contribution is -0.121. The standard InChI is InChI=1S/C30H60O2/c1-3-5-7-9-11-12-13-14-15-16-17-18-19-20-21-23-25-27-30(32)28-29(31)26-24-22-10-8-6-4-2/h30,32H,3-28H2,1-2H3. The Kier molecular flexibility index (Phi) is 26.6. The molecule has 192 valence electrons. The predicted molar refractivity (Wildman–Crippen MR) is 142 cm³/mol. The van der Waals surface area contributed by atoms with Crippen LogP contribution in [0.2, 0.25) is 0 Å². The third-order valence-corrected chi connectivity index (χ3v) is 6.91. The number of hydrogen-bond donors (Lipinski definition) is 1. The van der Waals surface area contributed by atoms with Crippen LogP contribution in [0.4, 0.5) is 0 Å². The lowest BCUT2D eigenvalue weighted by Crippen LogP contribution is -2.13. The SMILES string of the molecule is CCCCCCCCCCCCCCCCCCCC(O)CC(=O)CCCCCCCC. The number of aliphatic hydroxyl groups is 1. The first-order chi connectivity index (χ1) is 15.7. The Labute approximate surface area is 202 Å². The van der Waals surface area contributed by atoms with E-state index >= 15 is 0 Å². The second-order valence-corrected chi connectivity index (χ2v) is 10.4. The number of carbonyl (C=O) groups excluding carboxylic acids is 1. The topological polar surface area (TPSA) is 37.3 Å². The largest absolute Gasteiger partial charge is 0.393 e. The number of aliphatic hydroxyl groups excluding tert-OH is 1. The zero-order chi connectivity index (χ0) is 23.5. The molecule has 0 aliphatic carbocycles. The summed E-state index contributed by atoms with van der Waals surface area (Å²) >= 11 is 0. The number of unbranched alkanes of at least 4 members (excludes halogenated alkanes) is 21. The minimum Gasteiger partial charge on any atom is -0.393 e. The smallest absolute Gasteiger partial charge is 0.135 e. The fourth-order valence-corrected chi connectivity index (χ4v) is 4.67. The summed E-state index contributed by atoms with van der Waals surface area (Å²) in [4.78, 5) is 12.0. The van der Waals surface area contributed by atoms with Crippen LogP contribution >= 0.6 is 0 Å². The van der Waals surface area contributed by atoms with E-state index in [1.54, 1.807) is 0 Å². The normalized spacial score (nSPS) is 12.3. The summed E-state index contributed by atoms with van der Waals surface area (Å²) in [6.07, 6.45) is 32.2. The van der Waals surface area contributed by atoms with E-state index in [1.807, 2.05) is 0 Å². The minimum atomic E-state index is -0.404. The summed E-state index contributed by atoms with van der Waals surface area (Å²) in [5.74, 6) is 0.264. The van der Waals surface area contributed by atoms with Crippen LogP contribution in [-0.4, -0.2) is 17.0 Å². The highest BCUT2D eigenvalue weighted by atomic mass is 16.3. The van der Waals surface area contributed by atoms with Gasteiger partial charge in [-0.15, -0.1) is 0 Å². The Hall–Kier alpha value is -0.370. The van der Waals surface area contributed by atoms with Gasteiger partial charge in [-0.25, -0.2) is 0 Å². The molecule has 1 N–H and O–H groups in total. The van der Waals surface area contributed by atoms with E-state index in [0.29, 0.717) is 12.8 Å². The van der Waals surface area contributed by atoms with Gasteiger partial charge < -0.3 is 5.11 Å². The Bertz CT molecular complexity index is 366. The van der Waals surface area contributed by atoms with Gasteiger partial charge in [0.2, 0.25) is 0 Å². The third kappa shape index (κ3) is 25.9. The zero-order valence-corrected chi connectivity index (χ0v) is 22.3. The molecule has 1 unspecified atom stereocenters. The molecule has 0 aromatic heterocycles. The van der Waals surface area contributed by atoms with Gasteiger partial charge in [-0.05, 0) is 12.8 Å². The van der Waals surface area contributed by atoms with Gasteiger partial charge in [0.25, 0.3) is 0 Å². The van der Waals surface area contributed by atoms with E-state index in [0.717, 1.165) is 19.3 Å². The highest BCUT2D eigenvalue weighted by molar-refractivity contribution is 5.78. The summed E-state index contributed by atoms with van der Waals surface area (Å²) in [5.41, 5.74) is 0. The van der Waals surface area contributed by atoms with Crippen LogP contribution in [0.1, 0.15) is 181 Å². The second kappa shape index (κ2) is 26.9. The van der Waals surface area contributed by atoms with Gasteiger partial charge in [-0.2, -0.15) is 0 Å². The molecule has 0 amide bonds. The molecule has 0 rings (SSSR count). The van der Waals surface area contributed by atoms with E-state index in [1.165, 1.54) is 135 Å². The highest BCUT2D eigenvalue weighted by Gasteiger charge is 2.10. The molecule has 0 saturated carbocycles. The Balaban J connectivity index is 3.23. The Morgan fingerprint density at radius 3 is 1.19 bits per heavy atom. The number of ketones is 1. The van der Waals surface area contributed by atoms with Gasteiger partial charge >= 0.3 is 0 Å². The van der Waals surface area contributed by atoms with Crippen molar-refractivity contribution in [1.82, 2.24) is 0 Å². The molecule has 0 aliphatic rings. The van der Waals surface area contributed by atoms with Crippen LogP contribution in [0.25, 0.3) is 0 Å². The predicted octanol–water partition coefficient (Wildman–Crippen LogP) is 10.1. The minimum absolute atomic E-state index is 0.264. The van der Waals surface area contributed by atoms with Crippen molar-refractivity contribution in [2.75, 3.05) is 0 Å². The fourth-order valence-electron chi connectivity index (χ4n) is 4.67. The fraction of sp³-hybridized carbons (Fsp3) is 0.967. The van der Waals surface area contributed by atoms with Crippen LogP contribution in [-0.2, 0) is 4.79 Å². The van der Waals surface area contributed by atoms with Crippen molar-refractivity contribution in [3.63, 3.8) is 0 Å². The van der Waals surface area contributed by atoms with Crippen molar-refractivity contribution in [2.24, 2.45) is 0 Å². The maximum absolute atomic E-state index is 12.0. The molecule has 2 heteroatoms. The van der Waals surface area contributed by atoms with Gasteiger partial charge in [0.1, 0.15) is 5.78 Å². The Morgan fingerprint density at radius 1 is 0.500 bits per heavy atom. The van der Waals surface area contributed by atoms with Gasteiger partial charge in [0.05, 0.1) is 6.10 Å². The summed E-state index contributed by atoms with van der Waals surface area (Å²) < 4.78 is 0. The van der Waals surface area contributed by atoms with Crippen molar-refractivity contribution >= 4 is 5.78 Å². The van der Waals surface area contributed by atoms with E-state index in [2.05, 4.69) is 13.8 Å².